The average Bonchev–Trinajstić information content (AvgIpc) is 3.38. The molecular weight excluding hydrogens is 398 g/mol. The molecule has 0 spiro atoms. The molecule has 3 aliphatic rings. The first-order valence-electron chi connectivity index (χ1n) is 9.68. The summed E-state index contributed by atoms with van der Waals surface area (Å²) in [6.45, 7) is 0. The van der Waals surface area contributed by atoms with E-state index in [4.69, 9.17) is 4.74 Å². The molecule has 0 saturated heterocycles. The number of carbonyl (C=O) groups is 1. The van der Waals surface area contributed by atoms with Gasteiger partial charge in [-0.15, -0.1) is 0 Å². The van der Waals surface area contributed by atoms with Gasteiger partial charge in [0.05, 0.1) is 17.1 Å². The Kier molecular flexibility index (Phi) is 4.24. The number of hydrogen-bond acceptors (Lipinski definition) is 3. The van der Waals surface area contributed by atoms with Crippen LogP contribution < -0.4 is 5.32 Å². The molecule has 2 unspecified atom stereocenters. The highest BCUT2D eigenvalue weighted by Crippen LogP contribution is 2.45. The molecule has 3 nitrogen and oxygen atoms in total. The lowest BCUT2D eigenvalue weighted by Crippen LogP contribution is -2.27. The van der Waals surface area contributed by atoms with Crippen LogP contribution in [0.3, 0.4) is 0 Å². The molecule has 7 heteroatoms. The quantitative estimate of drug-likeness (QED) is 0.698. The van der Waals surface area contributed by atoms with Crippen molar-refractivity contribution in [2.45, 2.75) is 37.1 Å². The maximum absolute atomic E-state index is 14.8. The van der Waals surface area contributed by atoms with Gasteiger partial charge in [0.15, 0.2) is 12.0 Å². The second kappa shape index (κ2) is 6.72. The maximum atomic E-state index is 14.8. The van der Waals surface area contributed by atoms with E-state index in [1.807, 2.05) is 0 Å². The van der Waals surface area contributed by atoms with E-state index in [9.17, 15) is 22.4 Å². The van der Waals surface area contributed by atoms with Crippen LogP contribution in [-0.2, 0) is 15.7 Å². The Balaban J connectivity index is 1.55. The van der Waals surface area contributed by atoms with Crippen LogP contribution in [0, 0.1) is 0 Å². The van der Waals surface area contributed by atoms with Crippen LogP contribution in [0.5, 0.6) is 0 Å². The van der Waals surface area contributed by atoms with Gasteiger partial charge < -0.3 is 10.1 Å². The van der Waals surface area contributed by atoms with Crippen LogP contribution in [0.25, 0.3) is 11.6 Å². The number of carbonyl (C=O) groups excluding carboxylic acids is 1. The van der Waals surface area contributed by atoms with E-state index in [-0.39, 0.29) is 23.1 Å². The third-order valence-electron chi connectivity index (χ3n) is 5.59. The molecule has 0 aromatic heterocycles. The summed E-state index contributed by atoms with van der Waals surface area (Å²) < 4.78 is 60.3. The molecule has 2 aromatic rings. The maximum Gasteiger partial charge on any atom is 0.416 e. The van der Waals surface area contributed by atoms with Gasteiger partial charge in [0.2, 0.25) is 5.78 Å². The smallest absolute Gasteiger partial charge is 0.416 e. The van der Waals surface area contributed by atoms with Crippen LogP contribution in [-0.4, -0.2) is 17.9 Å². The van der Waals surface area contributed by atoms with Gasteiger partial charge in [-0.1, -0.05) is 36.4 Å². The van der Waals surface area contributed by atoms with Crippen molar-refractivity contribution in [1.29, 1.82) is 0 Å². The van der Waals surface area contributed by atoms with Crippen molar-refractivity contribution in [2.24, 2.45) is 0 Å². The van der Waals surface area contributed by atoms with Crippen LogP contribution >= 0.6 is 0 Å². The van der Waals surface area contributed by atoms with Gasteiger partial charge in [-0.25, -0.2) is 4.39 Å². The minimum Gasteiger partial charge on any atom is -0.466 e. The number of hydrogen-bond donors (Lipinski definition) is 1. The predicted molar refractivity (Wildman–Crippen MR) is 103 cm³/mol. The summed E-state index contributed by atoms with van der Waals surface area (Å²) in [5, 5.41) is 3.10. The zero-order valence-corrected chi connectivity index (χ0v) is 15.7. The van der Waals surface area contributed by atoms with E-state index in [1.54, 1.807) is 24.3 Å². The summed E-state index contributed by atoms with van der Waals surface area (Å²) >= 11 is 0. The third kappa shape index (κ3) is 3.18. The molecule has 1 heterocycles. The van der Waals surface area contributed by atoms with E-state index in [0.717, 1.165) is 25.0 Å². The number of halogens is 4. The number of ketones is 1. The fraction of sp³-hybridized carbons (Fsp3) is 0.261. The number of benzene rings is 2. The Morgan fingerprint density at radius 1 is 1.03 bits per heavy atom. The number of alkyl halides is 3. The molecule has 1 saturated carbocycles. The molecule has 2 atom stereocenters. The van der Waals surface area contributed by atoms with E-state index in [1.165, 1.54) is 18.2 Å². The molecule has 1 aliphatic heterocycles. The van der Waals surface area contributed by atoms with Crippen LogP contribution in [0.4, 0.5) is 17.6 Å². The second-order valence-corrected chi connectivity index (χ2v) is 7.74. The molecule has 30 heavy (non-hydrogen) atoms. The number of ether oxygens (including phenoxy) is 1. The highest BCUT2D eigenvalue weighted by molar-refractivity contribution is 6.25. The first-order chi connectivity index (χ1) is 14.3. The Labute approximate surface area is 170 Å². The normalized spacial score (nSPS) is 23.3. The van der Waals surface area contributed by atoms with Gasteiger partial charge in [0.25, 0.3) is 0 Å². The minimum absolute atomic E-state index is 0.0372. The lowest BCUT2D eigenvalue weighted by Gasteiger charge is -2.20. The van der Waals surface area contributed by atoms with E-state index in [0.29, 0.717) is 11.1 Å². The summed E-state index contributed by atoms with van der Waals surface area (Å²) in [6.07, 6.45) is -2.59. The third-order valence-corrected chi connectivity index (χ3v) is 5.59. The number of nitrogens with one attached hydrogen (secondary N) is 1. The van der Waals surface area contributed by atoms with Crippen LogP contribution in [0.15, 0.2) is 60.2 Å². The van der Waals surface area contributed by atoms with E-state index in [2.05, 4.69) is 5.32 Å². The zero-order chi connectivity index (χ0) is 21.0. The van der Waals surface area contributed by atoms with Crippen molar-refractivity contribution >= 4 is 17.4 Å². The lowest BCUT2D eigenvalue weighted by atomic mass is 9.89. The Bertz CT molecular complexity index is 1100. The van der Waals surface area contributed by atoms with Crippen LogP contribution in [0.1, 0.15) is 41.0 Å². The summed E-state index contributed by atoms with van der Waals surface area (Å²) in [4.78, 5) is 13.3. The zero-order valence-electron chi connectivity index (χ0n) is 15.7. The summed E-state index contributed by atoms with van der Waals surface area (Å²) in [5.41, 5.74) is 0.586. The standard InChI is InChI=1S/C23H17F4NO2/c24-17-11-12-4-1-2-7-16(12)19(17)21-20(29)18(22(30-21)28-15-8-9-15)13-5-3-6-14(10-13)23(25,26)27/h1-7,10-11,15,19,21,28H,8-9H2. The topological polar surface area (TPSA) is 38.3 Å². The average molecular weight is 415 g/mol. The summed E-state index contributed by atoms with van der Waals surface area (Å²) in [7, 11) is 0. The molecule has 0 amide bonds. The van der Waals surface area contributed by atoms with Crippen molar-refractivity contribution in [1.82, 2.24) is 5.32 Å². The largest absolute Gasteiger partial charge is 0.466 e. The van der Waals surface area contributed by atoms with Crippen molar-refractivity contribution in [3.63, 3.8) is 0 Å². The highest BCUT2D eigenvalue weighted by atomic mass is 19.4. The predicted octanol–water partition coefficient (Wildman–Crippen LogP) is 5.20. The first kappa shape index (κ1) is 18.9. The monoisotopic (exact) mass is 415 g/mol. The highest BCUT2D eigenvalue weighted by Gasteiger charge is 2.46. The van der Waals surface area contributed by atoms with Gasteiger partial charge in [-0.05, 0) is 47.7 Å². The molecule has 0 bridgehead atoms. The second-order valence-electron chi connectivity index (χ2n) is 7.74. The van der Waals surface area contributed by atoms with Crippen molar-refractivity contribution in [3.05, 3.63) is 82.5 Å². The molecule has 0 radical (unpaired) electrons. The van der Waals surface area contributed by atoms with Gasteiger partial charge in [-0.3, -0.25) is 4.79 Å². The fourth-order valence-electron chi connectivity index (χ4n) is 3.98. The van der Waals surface area contributed by atoms with Gasteiger partial charge in [0.1, 0.15) is 5.83 Å². The summed E-state index contributed by atoms with van der Waals surface area (Å²) in [5.74, 6) is -1.81. The molecule has 1 N–H and O–H groups in total. The Morgan fingerprint density at radius 2 is 1.80 bits per heavy atom. The SMILES string of the molecule is O=C1C(c2cccc(C(F)(F)F)c2)=C(NC2CC2)OC1C1C(F)=Cc2ccccc21. The molecule has 2 aliphatic carbocycles. The molecule has 5 rings (SSSR count). The molecule has 1 fully saturated rings. The first-order valence-corrected chi connectivity index (χ1v) is 9.68. The number of Topliss-reactive ketones (excluding diaryl/α,β-unsaturated/α-hetero) is 1. The number of fused-ring (bicyclic) bond motifs is 1. The Hall–Kier alpha value is -3.09. The lowest BCUT2D eigenvalue weighted by molar-refractivity contribution is -0.137. The molecule has 154 valence electrons. The number of rotatable bonds is 4. The van der Waals surface area contributed by atoms with Crippen LogP contribution in [0.2, 0.25) is 0 Å². The summed E-state index contributed by atoms with van der Waals surface area (Å²) in [6, 6.07) is 11.7. The van der Waals surface area contributed by atoms with Crippen molar-refractivity contribution in [2.75, 3.05) is 0 Å². The fourth-order valence-corrected chi connectivity index (χ4v) is 3.98. The minimum atomic E-state index is -4.54. The van der Waals surface area contributed by atoms with Gasteiger partial charge >= 0.3 is 6.18 Å². The molecular formula is C23H17F4NO2. The van der Waals surface area contributed by atoms with E-state index >= 15 is 0 Å². The van der Waals surface area contributed by atoms with Gasteiger partial charge in [0, 0.05) is 6.04 Å². The van der Waals surface area contributed by atoms with Crippen molar-refractivity contribution < 1.29 is 27.1 Å². The van der Waals surface area contributed by atoms with E-state index < -0.39 is 35.4 Å². The van der Waals surface area contributed by atoms with Crippen molar-refractivity contribution in [3.8, 4) is 0 Å². The van der Waals surface area contributed by atoms with Gasteiger partial charge in [-0.2, -0.15) is 13.2 Å². The Morgan fingerprint density at radius 3 is 2.53 bits per heavy atom. The molecule has 2 aromatic carbocycles.